The van der Waals surface area contributed by atoms with Crippen LogP contribution in [0.25, 0.3) is 0 Å². The molecular weight excluding hydrogens is 326 g/mol. The first-order valence-electron chi connectivity index (χ1n) is 6.36. The summed E-state index contributed by atoms with van der Waals surface area (Å²) in [4.78, 5) is 16.2. The molecule has 0 saturated heterocycles. The number of hydrogen-bond donors (Lipinski definition) is 2. The molecule has 1 heterocycles. The van der Waals surface area contributed by atoms with Gasteiger partial charge in [-0.15, -0.1) is 11.3 Å². The first-order valence-corrected chi connectivity index (χ1v) is 8.72. The number of anilines is 1. The van der Waals surface area contributed by atoms with Crippen LogP contribution in [-0.2, 0) is 10.0 Å². The Hall–Kier alpha value is -1.97. The van der Waals surface area contributed by atoms with E-state index < -0.39 is 15.9 Å². The van der Waals surface area contributed by atoms with Crippen LogP contribution >= 0.6 is 11.3 Å². The summed E-state index contributed by atoms with van der Waals surface area (Å²) in [5, 5.41) is 4.74. The van der Waals surface area contributed by atoms with Crippen molar-refractivity contribution in [3.63, 3.8) is 0 Å². The Morgan fingerprint density at radius 1 is 1.41 bits per heavy atom. The summed E-state index contributed by atoms with van der Waals surface area (Å²) < 4.78 is 31.6. The predicted molar refractivity (Wildman–Crippen MR) is 83.9 cm³/mol. The predicted octanol–water partition coefficient (Wildman–Crippen LogP) is 1.70. The van der Waals surface area contributed by atoms with Crippen molar-refractivity contribution in [1.29, 1.82) is 0 Å². The molecule has 1 amide bonds. The summed E-state index contributed by atoms with van der Waals surface area (Å²) >= 11 is 1.26. The van der Waals surface area contributed by atoms with Crippen LogP contribution in [0.2, 0.25) is 0 Å². The maximum Gasteiger partial charge on any atom is 0.261 e. The molecule has 0 radical (unpaired) electrons. The summed E-state index contributed by atoms with van der Waals surface area (Å²) in [6.45, 7) is 1.94. The van der Waals surface area contributed by atoms with E-state index in [-0.39, 0.29) is 22.8 Å². The third-order valence-electron chi connectivity index (χ3n) is 2.71. The maximum absolute atomic E-state index is 12.3. The summed E-state index contributed by atoms with van der Waals surface area (Å²) in [5.41, 5.74) is 0.122. The number of amides is 1. The lowest BCUT2D eigenvalue weighted by Crippen LogP contribution is -2.23. The van der Waals surface area contributed by atoms with E-state index in [2.05, 4.69) is 15.0 Å². The quantitative estimate of drug-likeness (QED) is 0.833. The normalized spacial score (nSPS) is 11.2. The summed E-state index contributed by atoms with van der Waals surface area (Å²) in [7, 11) is -2.24. The standard InChI is InChI=1S/C13H15N3O4S2/c1-3-15-22(18,19)9-4-5-11(20-2)10(8-9)12(17)16-13-14-6-7-21-13/h4-8,15H,3H2,1-2H3,(H,14,16,17). The lowest BCUT2D eigenvalue weighted by Gasteiger charge is -2.11. The molecule has 0 aliphatic rings. The van der Waals surface area contributed by atoms with Gasteiger partial charge >= 0.3 is 0 Å². The van der Waals surface area contributed by atoms with Crippen molar-refractivity contribution in [3.8, 4) is 5.75 Å². The van der Waals surface area contributed by atoms with Crippen molar-refractivity contribution >= 4 is 32.4 Å². The molecule has 7 nitrogen and oxygen atoms in total. The fourth-order valence-electron chi connectivity index (χ4n) is 1.75. The summed E-state index contributed by atoms with van der Waals surface area (Å²) in [6, 6.07) is 4.11. The Bertz CT molecular complexity index is 758. The summed E-state index contributed by atoms with van der Waals surface area (Å²) in [5.74, 6) is -0.204. The van der Waals surface area contributed by atoms with Crippen LogP contribution in [0.4, 0.5) is 5.13 Å². The molecule has 22 heavy (non-hydrogen) atoms. The van der Waals surface area contributed by atoms with Crippen LogP contribution in [0.1, 0.15) is 17.3 Å². The Kier molecular flexibility index (Phi) is 5.11. The van der Waals surface area contributed by atoms with Crippen molar-refractivity contribution < 1.29 is 17.9 Å². The number of nitrogens with zero attached hydrogens (tertiary/aromatic N) is 1. The highest BCUT2D eigenvalue weighted by Crippen LogP contribution is 2.24. The first-order chi connectivity index (χ1) is 10.5. The maximum atomic E-state index is 12.3. The molecule has 0 unspecified atom stereocenters. The van der Waals surface area contributed by atoms with E-state index in [1.165, 1.54) is 36.6 Å². The Morgan fingerprint density at radius 2 is 2.18 bits per heavy atom. The highest BCUT2D eigenvalue weighted by molar-refractivity contribution is 7.89. The van der Waals surface area contributed by atoms with Crippen LogP contribution in [0.15, 0.2) is 34.7 Å². The Morgan fingerprint density at radius 3 is 2.77 bits per heavy atom. The minimum Gasteiger partial charge on any atom is -0.496 e. The van der Waals surface area contributed by atoms with E-state index in [9.17, 15) is 13.2 Å². The van der Waals surface area contributed by atoms with Crippen LogP contribution in [0.5, 0.6) is 5.75 Å². The highest BCUT2D eigenvalue weighted by Gasteiger charge is 2.19. The summed E-state index contributed by atoms with van der Waals surface area (Å²) in [6.07, 6.45) is 1.56. The van der Waals surface area contributed by atoms with E-state index >= 15 is 0 Å². The molecule has 0 aliphatic carbocycles. The van der Waals surface area contributed by atoms with Gasteiger partial charge in [0, 0.05) is 18.1 Å². The van der Waals surface area contributed by atoms with Crippen molar-refractivity contribution in [3.05, 3.63) is 35.3 Å². The van der Waals surface area contributed by atoms with E-state index in [0.29, 0.717) is 5.13 Å². The lowest BCUT2D eigenvalue weighted by molar-refractivity contribution is 0.102. The van der Waals surface area contributed by atoms with Gasteiger partial charge in [-0.05, 0) is 18.2 Å². The first kappa shape index (κ1) is 16.4. The fourth-order valence-corrected chi connectivity index (χ4v) is 3.35. The molecule has 0 atom stereocenters. The van der Waals surface area contributed by atoms with Gasteiger partial charge in [-0.3, -0.25) is 10.1 Å². The zero-order chi connectivity index (χ0) is 16.2. The number of hydrogen-bond acceptors (Lipinski definition) is 6. The SMILES string of the molecule is CCNS(=O)(=O)c1ccc(OC)c(C(=O)Nc2nccs2)c1. The number of carbonyl (C=O) groups is 1. The van der Waals surface area contributed by atoms with Crippen molar-refractivity contribution in [2.75, 3.05) is 19.0 Å². The van der Waals surface area contributed by atoms with Crippen LogP contribution in [-0.4, -0.2) is 33.0 Å². The number of methoxy groups -OCH3 is 1. The van der Waals surface area contributed by atoms with Crippen LogP contribution < -0.4 is 14.8 Å². The molecule has 0 bridgehead atoms. The number of ether oxygens (including phenoxy) is 1. The molecule has 118 valence electrons. The molecule has 2 rings (SSSR count). The zero-order valence-electron chi connectivity index (χ0n) is 12.0. The van der Waals surface area contributed by atoms with E-state index in [0.717, 1.165) is 0 Å². The van der Waals surface area contributed by atoms with E-state index in [4.69, 9.17) is 4.74 Å². The van der Waals surface area contributed by atoms with Crippen molar-refractivity contribution in [2.45, 2.75) is 11.8 Å². The topological polar surface area (TPSA) is 97.4 Å². The number of thiazole rings is 1. The van der Waals surface area contributed by atoms with E-state index in [1.54, 1.807) is 18.5 Å². The third-order valence-corrected chi connectivity index (χ3v) is 4.94. The van der Waals surface area contributed by atoms with Gasteiger partial charge in [-0.25, -0.2) is 18.1 Å². The fraction of sp³-hybridized carbons (Fsp3) is 0.231. The van der Waals surface area contributed by atoms with Crippen molar-refractivity contribution in [1.82, 2.24) is 9.71 Å². The van der Waals surface area contributed by atoms with Gasteiger partial charge < -0.3 is 4.74 Å². The molecule has 9 heteroatoms. The molecule has 1 aromatic heterocycles. The minimum absolute atomic E-state index is 0.000520. The van der Waals surface area contributed by atoms with Crippen molar-refractivity contribution in [2.24, 2.45) is 0 Å². The number of benzene rings is 1. The highest BCUT2D eigenvalue weighted by atomic mass is 32.2. The number of nitrogens with one attached hydrogen (secondary N) is 2. The van der Waals surface area contributed by atoms with Gasteiger partial charge in [0.2, 0.25) is 10.0 Å². The molecule has 0 aliphatic heterocycles. The van der Waals surface area contributed by atoms with Gasteiger partial charge in [0.15, 0.2) is 5.13 Å². The minimum atomic E-state index is -3.65. The molecule has 0 fully saturated rings. The zero-order valence-corrected chi connectivity index (χ0v) is 13.6. The number of carbonyl (C=O) groups excluding carboxylic acids is 1. The molecule has 0 spiro atoms. The molecule has 2 N–H and O–H groups in total. The molecule has 2 aromatic rings. The Labute approximate surface area is 132 Å². The van der Waals surface area contributed by atoms with Gasteiger partial charge in [0.1, 0.15) is 5.75 Å². The number of rotatable bonds is 6. The molecule has 0 saturated carbocycles. The lowest BCUT2D eigenvalue weighted by atomic mass is 10.2. The number of sulfonamides is 1. The monoisotopic (exact) mass is 341 g/mol. The van der Waals surface area contributed by atoms with Gasteiger partial charge in [0.25, 0.3) is 5.91 Å². The van der Waals surface area contributed by atoms with Gasteiger partial charge in [-0.1, -0.05) is 6.92 Å². The average Bonchev–Trinajstić information content (AvgIpc) is 2.99. The smallest absolute Gasteiger partial charge is 0.261 e. The Balaban J connectivity index is 2.38. The second kappa shape index (κ2) is 6.86. The number of aromatic nitrogens is 1. The molecular formula is C13H15N3O4S2. The second-order valence-electron chi connectivity index (χ2n) is 4.15. The van der Waals surface area contributed by atoms with E-state index in [1.807, 2.05) is 0 Å². The van der Waals surface area contributed by atoms with Gasteiger partial charge in [0.05, 0.1) is 17.6 Å². The van der Waals surface area contributed by atoms with Crippen LogP contribution in [0.3, 0.4) is 0 Å². The van der Waals surface area contributed by atoms with Gasteiger partial charge in [-0.2, -0.15) is 0 Å². The second-order valence-corrected chi connectivity index (χ2v) is 6.82. The van der Waals surface area contributed by atoms with Crippen LogP contribution in [0, 0.1) is 0 Å². The largest absolute Gasteiger partial charge is 0.496 e. The molecule has 1 aromatic carbocycles. The average molecular weight is 341 g/mol. The third kappa shape index (κ3) is 3.62.